The van der Waals surface area contributed by atoms with Gasteiger partial charge in [-0.15, -0.1) is 11.8 Å². The lowest BCUT2D eigenvalue weighted by molar-refractivity contribution is 0.282. The highest BCUT2D eigenvalue weighted by Crippen LogP contribution is 2.32. The number of halogens is 1. The first-order valence-electron chi connectivity index (χ1n) is 7.90. The second-order valence-corrected chi connectivity index (χ2v) is 7.39. The summed E-state index contributed by atoms with van der Waals surface area (Å²) < 4.78 is 0. The molecule has 5 heteroatoms. The lowest BCUT2D eigenvalue weighted by Crippen LogP contribution is -2.24. The first-order valence-corrected chi connectivity index (χ1v) is 9.26. The Bertz CT molecular complexity index is 900. The van der Waals surface area contributed by atoms with Crippen LogP contribution in [0.15, 0.2) is 53.4 Å². The summed E-state index contributed by atoms with van der Waals surface area (Å²) in [6.07, 6.45) is 0. The predicted octanol–water partition coefficient (Wildman–Crippen LogP) is 4.49. The average Bonchev–Trinajstić information content (AvgIpc) is 2.84. The van der Waals surface area contributed by atoms with Gasteiger partial charge in [0.25, 0.3) is 0 Å². The molecule has 3 nitrogen and oxygen atoms in total. The Morgan fingerprint density at radius 2 is 2.04 bits per heavy atom. The fourth-order valence-corrected chi connectivity index (χ4v) is 4.27. The topological polar surface area (TPSA) is 36.4 Å². The monoisotopic (exact) mass is 356 g/mol. The number of pyridine rings is 1. The average molecular weight is 357 g/mol. The van der Waals surface area contributed by atoms with Gasteiger partial charge in [0.1, 0.15) is 5.82 Å². The molecule has 1 aliphatic rings. The summed E-state index contributed by atoms with van der Waals surface area (Å²) in [5.74, 6) is 1.93. The number of rotatable bonds is 2. The minimum Gasteiger partial charge on any atom is -0.392 e. The van der Waals surface area contributed by atoms with Crippen LogP contribution >= 0.6 is 23.4 Å². The molecule has 122 valence electrons. The fraction of sp³-hybridized carbons (Fsp3) is 0.211. The van der Waals surface area contributed by atoms with Crippen LogP contribution in [0.3, 0.4) is 0 Å². The van der Waals surface area contributed by atoms with Gasteiger partial charge in [-0.05, 0) is 35.4 Å². The van der Waals surface area contributed by atoms with E-state index in [1.54, 1.807) is 0 Å². The van der Waals surface area contributed by atoms with Crippen molar-refractivity contribution in [3.63, 3.8) is 0 Å². The predicted molar refractivity (Wildman–Crippen MR) is 101 cm³/mol. The number of aromatic nitrogens is 1. The Balaban J connectivity index is 1.74. The molecule has 2 heterocycles. The molecule has 0 amide bonds. The molecule has 0 fully saturated rings. The van der Waals surface area contributed by atoms with Gasteiger partial charge in [-0.2, -0.15) is 0 Å². The van der Waals surface area contributed by atoms with E-state index in [1.165, 1.54) is 10.5 Å². The number of benzene rings is 2. The Morgan fingerprint density at radius 1 is 1.17 bits per heavy atom. The molecule has 0 unspecified atom stereocenters. The fourth-order valence-electron chi connectivity index (χ4n) is 3.00. The Labute approximate surface area is 150 Å². The normalized spacial score (nSPS) is 14.5. The third-order valence-electron chi connectivity index (χ3n) is 4.27. The van der Waals surface area contributed by atoms with Crippen molar-refractivity contribution < 1.29 is 5.11 Å². The van der Waals surface area contributed by atoms with Crippen LogP contribution in [-0.2, 0) is 13.2 Å². The molecule has 4 rings (SSSR count). The van der Waals surface area contributed by atoms with Crippen molar-refractivity contribution in [2.75, 3.05) is 17.2 Å². The van der Waals surface area contributed by atoms with Crippen molar-refractivity contribution in [3.8, 4) is 0 Å². The maximum atomic E-state index is 9.30. The first kappa shape index (κ1) is 15.8. The van der Waals surface area contributed by atoms with Crippen LogP contribution in [0.5, 0.6) is 0 Å². The summed E-state index contributed by atoms with van der Waals surface area (Å²) in [4.78, 5) is 8.43. The van der Waals surface area contributed by atoms with E-state index in [1.807, 2.05) is 36.0 Å². The minimum atomic E-state index is 0.00809. The molecule has 0 bridgehead atoms. The molecule has 3 aromatic rings. The number of fused-ring (bicyclic) bond motifs is 2. The van der Waals surface area contributed by atoms with Gasteiger partial charge >= 0.3 is 0 Å². The number of anilines is 1. The van der Waals surface area contributed by atoms with Crippen LogP contribution in [0.4, 0.5) is 5.82 Å². The second kappa shape index (κ2) is 6.63. The maximum Gasteiger partial charge on any atom is 0.131 e. The number of nitrogens with zero attached hydrogens (tertiary/aromatic N) is 2. The lowest BCUT2D eigenvalue weighted by atomic mass is 10.1. The maximum absolute atomic E-state index is 9.30. The number of hydrogen-bond acceptors (Lipinski definition) is 4. The molecule has 1 N–H and O–H groups in total. The molecule has 0 saturated carbocycles. The van der Waals surface area contributed by atoms with E-state index >= 15 is 0 Å². The first-order chi connectivity index (χ1) is 11.7. The van der Waals surface area contributed by atoms with E-state index in [4.69, 9.17) is 16.6 Å². The molecule has 1 aromatic heterocycles. The van der Waals surface area contributed by atoms with Gasteiger partial charge in [0.2, 0.25) is 0 Å². The van der Waals surface area contributed by atoms with Crippen molar-refractivity contribution in [1.82, 2.24) is 4.98 Å². The molecule has 1 aliphatic heterocycles. The van der Waals surface area contributed by atoms with E-state index in [0.29, 0.717) is 5.02 Å². The van der Waals surface area contributed by atoms with Gasteiger partial charge in [0.15, 0.2) is 0 Å². The molecular weight excluding hydrogens is 340 g/mol. The minimum absolute atomic E-state index is 0.00809. The summed E-state index contributed by atoms with van der Waals surface area (Å²) in [6, 6.07) is 16.2. The van der Waals surface area contributed by atoms with E-state index in [-0.39, 0.29) is 6.61 Å². The number of hydrogen-bond donors (Lipinski definition) is 1. The van der Waals surface area contributed by atoms with Gasteiger partial charge in [0, 0.05) is 29.1 Å². The largest absolute Gasteiger partial charge is 0.392 e. The van der Waals surface area contributed by atoms with Gasteiger partial charge in [0.05, 0.1) is 17.1 Å². The van der Waals surface area contributed by atoms with Crippen LogP contribution < -0.4 is 4.90 Å². The molecule has 24 heavy (non-hydrogen) atoms. The third-order valence-corrected chi connectivity index (χ3v) is 5.68. The molecule has 0 spiro atoms. The molecule has 0 atom stereocenters. The zero-order valence-electron chi connectivity index (χ0n) is 13.1. The molecule has 0 radical (unpaired) electrons. The number of thioether (sulfide) groups is 1. The molecular formula is C19H17ClN2OS. The summed E-state index contributed by atoms with van der Waals surface area (Å²) in [5, 5.41) is 10.9. The van der Waals surface area contributed by atoms with Crippen molar-refractivity contribution in [2.45, 2.75) is 18.0 Å². The van der Waals surface area contributed by atoms with Crippen LogP contribution in [-0.4, -0.2) is 22.4 Å². The van der Waals surface area contributed by atoms with E-state index in [9.17, 15) is 5.11 Å². The Kier molecular flexibility index (Phi) is 4.35. The highest BCUT2D eigenvalue weighted by atomic mass is 35.5. The zero-order valence-corrected chi connectivity index (χ0v) is 14.6. The number of aliphatic hydroxyl groups excluding tert-OH is 1. The van der Waals surface area contributed by atoms with Crippen molar-refractivity contribution in [3.05, 3.63) is 64.7 Å². The quantitative estimate of drug-likeness (QED) is 0.733. The van der Waals surface area contributed by atoms with E-state index < -0.39 is 0 Å². The summed E-state index contributed by atoms with van der Waals surface area (Å²) >= 11 is 8.39. The summed E-state index contributed by atoms with van der Waals surface area (Å²) in [6.45, 7) is 1.78. The van der Waals surface area contributed by atoms with Gasteiger partial charge < -0.3 is 10.0 Å². The van der Waals surface area contributed by atoms with Crippen LogP contribution in [0.1, 0.15) is 11.1 Å². The lowest BCUT2D eigenvalue weighted by Gasteiger charge is -2.22. The summed E-state index contributed by atoms with van der Waals surface area (Å²) in [5.41, 5.74) is 3.03. The highest BCUT2D eigenvalue weighted by molar-refractivity contribution is 7.99. The molecule has 0 saturated heterocycles. The van der Waals surface area contributed by atoms with Crippen molar-refractivity contribution >= 4 is 40.1 Å². The zero-order chi connectivity index (χ0) is 16.5. The summed E-state index contributed by atoms with van der Waals surface area (Å²) in [7, 11) is 0. The molecule has 2 aromatic carbocycles. The van der Waals surface area contributed by atoms with Crippen LogP contribution in [0.2, 0.25) is 5.02 Å². The van der Waals surface area contributed by atoms with Crippen molar-refractivity contribution in [1.29, 1.82) is 0 Å². The standard InChI is InChI=1S/C19H17ClN2OS/c20-16-10-19(21-17-6-5-13(12-23)9-15(16)17)22-7-8-24-18-4-2-1-3-14(18)11-22/h1-6,9-10,23H,7-8,11-12H2. The van der Waals surface area contributed by atoms with Gasteiger partial charge in [-0.3, -0.25) is 0 Å². The van der Waals surface area contributed by atoms with Gasteiger partial charge in [-0.1, -0.05) is 35.9 Å². The van der Waals surface area contributed by atoms with Crippen LogP contribution in [0.25, 0.3) is 10.9 Å². The van der Waals surface area contributed by atoms with Crippen molar-refractivity contribution in [2.24, 2.45) is 0 Å². The SMILES string of the molecule is OCc1ccc2nc(N3CCSc4ccccc4C3)cc(Cl)c2c1. The smallest absolute Gasteiger partial charge is 0.131 e. The Hall–Kier alpha value is -1.75. The Morgan fingerprint density at radius 3 is 2.92 bits per heavy atom. The second-order valence-electron chi connectivity index (χ2n) is 5.85. The van der Waals surface area contributed by atoms with Gasteiger partial charge in [-0.25, -0.2) is 4.98 Å². The van der Waals surface area contributed by atoms with Crippen LogP contribution in [0, 0.1) is 0 Å². The number of aliphatic hydroxyl groups is 1. The third kappa shape index (κ3) is 2.97. The van der Waals surface area contributed by atoms with E-state index in [0.717, 1.165) is 41.1 Å². The molecule has 0 aliphatic carbocycles. The highest BCUT2D eigenvalue weighted by Gasteiger charge is 2.17. The van der Waals surface area contributed by atoms with E-state index in [2.05, 4.69) is 29.2 Å².